The van der Waals surface area contributed by atoms with Crippen LogP contribution in [0.25, 0.3) is 22.7 Å². The van der Waals surface area contributed by atoms with Crippen LogP contribution in [0.1, 0.15) is 16.4 Å². The Kier molecular flexibility index (Phi) is 4.44. The molecule has 0 unspecified atom stereocenters. The van der Waals surface area contributed by atoms with Gasteiger partial charge in [-0.3, -0.25) is 4.79 Å². The van der Waals surface area contributed by atoms with Crippen molar-refractivity contribution >= 4 is 5.91 Å². The second-order valence-electron chi connectivity index (χ2n) is 5.64. The molecule has 0 saturated heterocycles. The summed E-state index contributed by atoms with van der Waals surface area (Å²) in [6, 6.07) is 16.6. The van der Waals surface area contributed by atoms with Crippen molar-refractivity contribution in [3.8, 4) is 22.7 Å². The van der Waals surface area contributed by atoms with Gasteiger partial charge in [0.25, 0.3) is 5.91 Å². The Morgan fingerprint density at radius 2 is 1.81 bits per heavy atom. The number of carbonyl (C=O) groups excluding carboxylic acids is 1. The van der Waals surface area contributed by atoms with E-state index < -0.39 is 11.7 Å². The van der Waals surface area contributed by atoms with E-state index >= 15 is 0 Å². The fraction of sp³-hybridized carbons (Fsp3) is 0.0526. The molecule has 1 N–H and O–H groups in total. The van der Waals surface area contributed by atoms with Crippen LogP contribution in [0, 0.1) is 5.82 Å². The summed E-state index contributed by atoms with van der Waals surface area (Å²) in [6.45, 7) is 0.0364. The van der Waals surface area contributed by atoms with Gasteiger partial charge in [-0.1, -0.05) is 35.5 Å². The first-order valence-electron chi connectivity index (χ1n) is 8.08. The van der Waals surface area contributed by atoms with Crippen LogP contribution in [0.15, 0.2) is 69.6 Å². The summed E-state index contributed by atoms with van der Waals surface area (Å²) in [7, 11) is 0. The number of carbonyl (C=O) groups is 1. The van der Waals surface area contributed by atoms with Gasteiger partial charge in [0.15, 0.2) is 0 Å². The summed E-state index contributed by atoms with van der Waals surface area (Å²) in [5.41, 5.74) is 1.67. The molecule has 0 aliphatic rings. The van der Waals surface area contributed by atoms with E-state index in [0.29, 0.717) is 17.1 Å². The lowest BCUT2D eigenvalue weighted by Crippen LogP contribution is -2.22. The molecule has 0 fully saturated rings. The molecule has 0 saturated carbocycles. The van der Waals surface area contributed by atoms with Crippen LogP contribution in [-0.2, 0) is 6.54 Å². The Hall–Kier alpha value is -3.81. The van der Waals surface area contributed by atoms with Crippen molar-refractivity contribution in [2.24, 2.45) is 0 Å². The van der Waals surface area contributed by atoms with Crippen molar-refractivity contribution in [2.45, 2.75) is 6.54 Å². The first-order chi connectivity index (χ1) is 13.2. The SMILES string of the molecule is O=C(NCc1nnc(-c2ccccc2)o1)c1cc(-c2cccc(F)c2)no1. The lowest BCUT2D eigenvalue weighted by atomic mass is 10.1. The fourth-order valence-electron chi connectivity index (χ4n) is 2.43. The molecule has 0 aliphatic carbocycles. The Morgan fingerprint density at radius 1 is 1.00 bits per heavy atom. The number of rotatable bonds is 5. The number of benzene rings is 2. The Bertz CT molecular complexity index is 1080. The summed E-state index contributed by atoms with van der Waals surface area (Å²) in [5.74, 6) is -0.270. The zero-order valence-electron chi connectivity index (χ0n) is 13.9. The highest BCUT2D eigenvalue weighted by Crippen LogP contribution is 2.20. The standard InChI is InChI=1S/C19H13FN4O3/c20-14-8-4-7-13(9-14)15-10-16(27-24-15)18(25)21-11-17-22-23-19(26-17)12-5-2-1-3-6-12/h1-10H,11H2,(H,21,25). The average molecular weight is 364 g/mol. The molecule has 0 radical (unpaired) electrons. The molecular weight excluding hydrogens is 351 g/mol. The first-order valence-corrected chi connectivity index (χ1v) is 8.08. The van der Waals surface area contributed by atoms with E-state index in [-0.39, 0.29) is 18.2 Å². The van der Waals surface area contributed by atoms with Gasteiger partial charge in [0.05, 0.1) is 6.54 Å². The van der Waals surface area contributed by atoms with Crippen molar-refractivity contribution in [3.05, 3.63) is 78.1 Å². The molecular formula is C19H13FN4O3. The molecule has 8 heteroatoms. The molecule has 2 aromatic heterocycles. The third kappa shape index (κ3) is 3.74. The number of amides is 1. The number of hydrogen-bond donors (Lipinski definition) is 1. The molecule has 2 heterocycles. The van der Waals surface area contributed by atoms with E-state index in [0.717, 1.165) is 5.56 Å². The normalized spacial score (nSPS) is 10.7. The highest BCUT2D eigenvalue weighted by molar-refractivity contribution is 5.92. The predicted octanol–water partition coefficient (Wildman–Crippen LogP) is 3.46. The zero-order valence-corrected chi connectivity index (χ0v) is 13.9. The highest BCUT2D eigenvalue weighted by atomic mass is 19.1. The summed E-state index contributed by atoms with van der Waals surface area (Å²) >= 11 is 0. The third-order valence-electron chi connectivity index (χ3n) is 3.74. The van der Waals surface area contributed by atoms with Crippen molar-refractivity contribution in [1.29, 1.82) is 0 Å². The number of nitrogens with one attached hydrogen (secondary N) is 1. The zero-order chi connectivity index (χ0) is 18.6. The quantitative estimate of drug-likeness (QED) is 0.583. The summed E-state index contributed by atoms with van der Waals surface area (Å²) in [6.07, 6.45) is 0. The van der Waals surface area contributed by atoms with Crippen LogP contribution < -0.4 is 5.32 Å². The Labute approximate surface area is 152 Å². The van der Waals surface area contributed by atoms with Crippen LogP contribution in [0.3, 0.4) is 0 Å². The molecule has 0 aliphatic heterocycles. The topological polar surface area (TPSA) is 94.1 Å². The van der Waals surface area contributed by atoms with Crippen molar-refractivity contribution in [3.63, 3.8) is 0 Å². The fourth-order valence-corrected chi connectivity index (χ4v) is 2.43. The van der Waals surface area contributed by atoms with E-state index in [1.54, 1.807) is 12.1 Å². The molecule has 4 aromatic rings. The third-order valence-corrected chi connectivity index (χ3v) is 3.74. The van der Waals surface area contributed by atoms with Crippen LogP contribution in [0.2, 0.25) is 0 Å². The number of aromatic nitrogens is 3. The number of nitrogens with zero attached hydrogens (tertiary/aromatic N) is 3. The molecule has 0 atom stereocenters. The minimum atomic E-state index is -0.496. The summed E-state index contributed by atoms with van der Waals surface area (Å²) < 4.78 is 23.8. The van der Waals surface area contributed by atoms with Gasteiger partial charge in [-0.2, -0.15) is 0 Å². The average Bonchev–Trinajstić information content (AvgIpc) is 3.37. The monoisotopic (exact) mass is 364 g/mol. The molecule has 7 nitrogen and oxygen atoms in total. The van der Waals surface area contributed by atoms with Crippen LogP contribution >= 0.6 is 0 Å². The Morgan fingerprint density at radius 3 is 2.63 bits per heavy atom. The lowest BCUT2D eigenvalue weighted by molar-refractivity contribution is 0.0910. The van der Waals surface area contributed by atoms with E-state index in [1.165, 1.54) is 18.2 Å². The molecule has 0 bridgehead atoms. The van der Waals surface area contributed by atoms with Crippen LogP contribution in [-0.4, -0.2) is 21.3 Å². The Balaban J connectivity index is 1.41. The number of halogens is 1. The molecule has 2 aromatic carbocycles. The molecule has 0 spiro atoms. The van der Waals surface area contributed by atoms with Crippen LogP contribution in [0.5, 0.6) is 0 Å². The van der Waals surface area contributed by atoms with Gasteiger partial charge in [-0.05, 0) is 24.3 Å². The molecule has 134 valence electrons. The van der Waals surface area contributed by atoms with E-state index in [4.69, 9.17) is 8.94 Å². The van der Waals surface area contributed by atoms with Gasteiger partial charge in [-0.15, -0.1) is 10.2 Å². The van der Waals surface area contributed by atoms with Crippen LogP contribution in [0.4, 0.5) is 4.39 Å². The van der Waals surface area contributed by atoms with Gasteiger partial charge >= 0.3 is 0 Å². The van der Waals surface area contributed by atoms with Gasteiger partial charge < -0.3 is 14.3 Å². The van der Waals surface area contributed by atoms with Gasteiger partial charge in [0.1, 0.15) is 11.5 Å². The van der Waals surface area contributed by atoms with Gasteiger partial charge in [0.2, 0.25) is 17.5 Å². The van der Waals surface area contributed by atoms with Gasteiger partial charge in [0, 0.05) is 17.2 Å². The molecule has 4 rings (SSSR count). The maximum atomic E-state index is 13.3. The molecule has 27 heavy (non-hydrogen) atoms. The minimum absolute atomic E-state index is 0.00272. The maximum absolute atomic E-state index is 13.3. The summed E-state index contributed by atoms with van der Waals surface area (Å²) in [4.78, 5) is 12.2. The highest BCUT2D eigenvalue weighted by Gasteiger charge is 2.16. The van der Waals surface area contributed by atoms with E-state index in [1.807, 2.05) is 30.3 Å². The van der Waals surface area contributed by atoms with Crippen molar-refractivity contribution < 1.29 is 18.1 Å². The second-order valence-corrected chi connectivity index (χ2v) is 5.64. The van der Waals surface area contributed by atoms with Gasteiger partial charge in [-0.25, -0.2) is 4.39 Å². The summed E-state index contributed by atoms with van der Waals surface area (Å²) in [5, 5.41) is 14.3. The van der Waals surface area contributed by atoms with E-state index in [2.05, 4.69) is 20.7 Å². The lowest BCUT2D eigenvalue weighted by Gasteiger charge is -1.98. The first kappa shape index (κ1) is 16.6. The number of hydrogen-bond acceptors (Lipinski definition) is 6. The van der Waals surface area contributed by atoms with E-state index in [9.17, 15) is 9.18 Å². The largest absolute Gasteiger partial charge is 0.419 e. The maximum Gasteiger partial charge on any atom is 0.290 e. The smallest absolute Gasteiger partial charge is 0.290 e. The second kappa shape index (κ2) is 7.20. The molecule has 1 amide bonds. The minimum Gasteiger partial charge on any atom is -0.419 e. The van der Waals surface area contributed by atoms with Crippen molar-refractivity contribution in [1.82, 2.24) is 20.7 Å². The van der Waals surface area contributed by atoms with Crippen molar-refractivity contribution in [2.75, 3.05) is 0 Å². The predicted molar refractivity (Wildman–Crippen MR) is 92.8 cm³/mol.